The van der Waals surface area contributed by atoms with Gasteiger partial charge >= 0.3 is 0 Å². The Kier molecular flexibility index (Phi) is 4.27. The van der Waals surface area contributed by atoms with Crippen LogP contribution in [-0.2, 0) is 16.0 Å². The van der Waals surface area contributed by atoms with Crippen LogP contribution in [0.4, 0.5) is 0 Å². The highest BCUT2D eigenvalue weighted by Crippen LogP contribution is 2.30. The van der Waals surface area contributed by atoms with Gasteiger partial charge in [0.05, 0.1) is 19.1 Å². The van der Waals surface area contributed by atoms with E-state index in [9.17, 15) is 4.79 Å². The Morgan fingerprint density at radius 1 is 1.38 bits per heavy atom. The van der Waals surface area contributed by atoms with Crippen LogP contribution in [0.5, 0.6) is 0 Å². The summed E-state index contributed by atoms with van der Waals surface area (Å²) in [4.78, 5) is 14.7. The number of benzene rings is 1. The average Bonchev–Trinajstić information content (AvgIpc) is 2.50. The molecule has 3 rings (SSSR count). The van der Waals surface area contributed by atoms with Crippen molar-refractivity contribution in [1.82, 2.24) is 10.2 Å². The van der Waals surface area contributed by atoms with Crippen LogP contribution in [0, 0.1) is 0 Å². The lowest BCUT2D eigenvalue weighted by Crippen LogP contribution is -2.57. The largest absolute Gasteiger partial charge is 0.373 e. The number of hydrogen-bond donors (Lipinski definition) is 1. The number of carbonyl (C=O) groups is 1. The highest BCUT2D eigenvalue weighted by Gasteiger charge is 2.31. The molecule has 1 aromatic carbocycles. The molecular weight excluding hydrogens is 264 g/mol. The molecule has 1 saturated heterocycles. The quantitative estimate of drug-likeness (QED) is 0.904. The Hall–Kier alpha value is -1.39. The summed E-state index contributed by atoms with van der Waals surface area (Å²) in [7, 11) is 0. The Morgan fingerprint density at radius 2 is 2.19 bits per heavy atom. The van der Waals surface area contributed by atoms with E-state index >= 15 is 0 Å². The topological polar surface area (TPSA) is 41.6 Å². The smallest absolute Gasteiger partial charge is 0.225 e. The zero-order chi connectivity index (χ0) is 14.8. The molecule has 1 amide bonds. The van der Waals surface area contributed by atoms with Crippen LogP contribution in [-0.4, -0.2) is 42.6 Å². The molecule has 2 aliphatic heterocycles. The predicted octanol–water partition coefficient (Wildman–Crippen LogP) is 1.90. The molecule has 0 aromatic heterocycles. The van der Waals surface area contributed by atoms with Crippen LogP contribution in [0.15, 0.2) is 24.3 Å². The summed E-state index contributed by atoms with van der Waals surface area (Å²) in [6.07, 6.45) is 1.32. The molecule has 4 nitrogen and oxygen atoms in total. The van der Waals surface area contributed by atoms with E-state index in [0.29, 0.717) is 19.1 Å². The predicted molar refractivity (Wildman–Crippen MR) is 82.1 cm³/mol. The first kappa shape index (κ1) is 14.5. The minimum absolute atomic E-state index is 0.0835. The van der Waals surface area contributed by atoms with Gasteiger partial charge in [-0.15, -0.1) is 0 Å². The lowest BCUT2D eigenvalue weighted by atomic mass is 9.95. The molecule has 114 valence electrons. The zero-order valence-corrected chi connectivity index (χ0v) is 12.8. The van der Waals surface area contributed by atoms with Crippen LogP contribution in [0.2, 0.25) is 0 Å². The second-order valence-electron chi connectivity index (χ2n) is 6.08. The zero-order valence-electron chi connectivity index (χ0n) is 12.8. The summed E-state index contributed by atoms with van der Waals surface area (Å²) < 4.78 is 5.86. The first-order valence-electron chi connectivity index (χ1n) is 7.89. The number of piperazine rings is 1. The van der Waals surface area contributed by atoms with Crippen LogP contribution in [0.3, 0.4) is 0 Å². The Balaban J connectivity index is 1.71. The van der Waals surface area contributed by atoms with Crippen molar-refractivity contribution < 1.29 is 9.53 Å². The van der Waals surface area contributed by atoms with Crippen LogP contribution in [0.1, 0.15) is 37.5 Å². The number of ether oxygens (including phenoxy) is 1. The summed E-state index contributed by atoms with van der Waals surface area (Å²) in [6.45, 7) is 6.63. The van der Waals surface area contributed by atoms with Gasteiger partial charge in [-0.05, 0) is 31.4 Å². The van der Waals surface area contributed by atoms with Gasteiger partial charge in [-0.3, -0.25) is 4.79 Å². The molecule has 0 bridgehead atoms. The average molecular weight is 288 g/mol. The van der Waals surface area contributed by atoms with Gasteiger partial charge < -0.3 is 15.0 Å². The van der Waals surface area contributed by atoms with Crippen molar-refractivity contribution in [3.63, 3.8) is 0 Å². The van der Waals surface area contributed by atoms with Crippen molar-refractivity contribution in [2.75, 3.05) is 19.7 Å². The number of rotatable bonds is 2. The van der Waals surface area contributed by atoms with E-state index in [1.807, 2.05) is 11.0 Å². The van der Waals surface area contributed by atoms with Crippen LogP contribution < -0.4 is 5.32 Å². The molecule has 2 aliphatic rings. The standard InChI is InChI=1S/C17H24N2O2/c1-12-13(2)19(9-8-18-12)17(20)11-16-15-6-4-3-5-14(15)7-10-21-16/h3-6,12-13,16,18H,7-11H2,1-2H3. The number of nitrogens with zero attached hydrogens (tertiary/aromatic N) is 1. The van der Waals surface area contributed by atoms with Crippen molar-refractivity contribution in [1.29, 1.82) is 0 Å². The fourth-order valence-electron chi connectivity index (χ4n) is 3.33. The van der Waals surface area contributed by atoms with Gasteiger partial charge in [0.2, 0.25) is 5.91 Å². The molecule has 0 radical (unpaired) electrons. The second-order valence-corrected chi connectivity index (χ2v) is 6.08. The fraction of sp³-hybridized carbons (Fsp3) is 0.588. The van der Waals surface area contributed by atoms with Crippen molar-refractivity contribution >= 4 is 5.91 Å². The minimum Gasteiger partial charge on any atom is -0.373 e. The highest BCUT2D eigenvalue weighted by molar-refractivity contribution is 5.77. The van der Waals surface area contributed by atoms with Crippen molar-refractivity contribution in [2.45, 2.75) is 44.9 Å². The number of carbonyl (C=O) groups excluding carboxylic acids is 1. The molecule has 21 heavy (non-hydrogen) atoms. The fourth-order valence-corrected chi connectivity index (χ4v) is 3.33. The molecule has 0 aliphatic carbocycles. The van der Waals surface area contributed by atoms with E-state index < -0.39 is 0 Å². The van der Waals surface area contributed by atoms with Gasteiger partial charge in [0, 0.05) is 25.2 Å². The Labute approximate surface area is 126 Å². The molecule has 1 fully saturated rings. The van der Waals surface area contributed by atoms with E-state index in [2.05, 4.69) is 37.4 Å². The maximum atomic E-state index is 12.7. The number of amides is 1. The summed E-state index contributed by atoms with van der Waals surface area (Å²) in [5, 5.41) is 3.41. The summed E-state index contributed by atoms with van der Waals surface area (Å²) >= 11 is 0. The van der Waals surface area contributed by atoms with Gasteiger partial charge in [0.15, 0.2) is 0 Å². The summed E-state index contributed by atoms with van der Waals surface area (Å²) in [6, 6.07) is 8.91. The summed E-state index contributed by atoms with van der Waals surface area (Å²) in [5.74, 6) is 0.206. The third kappa shape index (κ3) is 2.97. The number of hydrogen-bond acceptors (Lipinski definition) is 3. The van der Waals surface area contributed by atoms with Gasteiger partial charge in [-0.25, -0.2) is 0 Å². The van der Waals surface area contributed by atoms with E-state index in [1.54, 1.807) is 0 Å². The van der Waals surface area contributed by atoms with E-state index in [4.69, 9.17) is 4.74 Å². The second kappa shape index (κ2) is 6.16. The van der Waals surface area contributed by atoms with Crippen LogP contribution >= 0.6 is 0 Å². The third-order valence-corrected chi connectivity index (χ3v) is 4.81. The maximum Gasteiger partial charge on any atom is 0.225 e. The molecule has 4 heteroatoms. The SMILES string of the molecule is CC1NCCN(C(=O)CC2OCCc3ccccc32)C1C. The van der Waals surface area contributed by atoms with Crippen LogP contribution in [0.25, 0.3) is 0 Å². The molecule has 2 heterocycles. The lowest BCUT2D eigenvalue weighted by molar-refractivity contribution is -0.138. The van der Waals surface area contributed by atoms with E-state index in [-0.39, 0.29) is 18.1 Å². The molecule has 3 unspecified atom stereocenters. The van der Waals surface area contributed by atoms with E-state index in [0.717, 1.165) is 19.5 Å². The van der Waals surface area contributed by atoms with Crippen molar-refractivity contribution in [2.24, 2.45) is 0 Å². The maximum absolute atomic E-state index is 12.7. The normalized spacial score (nSPS) is 29.0. The first-order valence-corrected chi connectivity index (χ1v) is 7.89. The monoisotopic (exact) mass is 288 g/mol. The Morgan fingerprint density at radius 3 is 3.05 bits per heavy atom. The molecule has 1 N–H and O–H groups in total. The molecule has 0 saturated carbocycles. The Bertz CT molecular complexity index is 517. The third-order valence-electron chi connectivity index (χ3n) is 4.81. The number of nitrogens with one attached hydrogen (secondary N) is 1. The molecule has 0 spiro atoms. The minimum atomic E-state index is -0.0835. The van der Waals surface area contributed by atoms with Gasteiger partial charge in [-0.1, -0.05) is 24.3 Å². The molecular formula is C17H24N2O2. The van der Waals surface area contributed by atoms with Crippen molar-refractivity contribution in [3.05, 3.63) is 35.4 Å². The number of fused-ring (bicyclic) bond motifs is 1. The van der Waals surface area contributed by atoms with Gasteiger partial charge in [0.25, 0.3) is 0 Å². The summed E-state index contributed by atoms with van der Waals surface area (Å²) in [5.41, 5.74) is 2.51. The lowest BCUT2D eigenvalue weighted by Gasteiger charge is -2.39. The first-order chi connectivity index (χ1) is 10.2. The van der Waals surface area contributed by atoms with E-state index in [1.165, 1.54) is 11.1 Å². The molecule has 1 aromatic rings. The van der Waals surface area contributed by atoms with Gasteiger partial charge in [0.1, 0.15) is 0 Å². The van der Waals surface area contributed by atoms with Gasteiger partial charge in [-0.2, -0.15) is 0 Å². The highest BCUT2D eigenvalue weighted by atomic mass is 16.5. The molecule has 3 atom stereocenters. The van der Waals surface area contributed by atoms with Crippen molar-refractivity contribution in [3.8, 4) is 0 Å².